The molecule has 1 aromatic carbocycles. The highest BCUT2D eigenvalue weighted by molar-refractivity contribution is 5.49. The van der Waals surface area contributed by atoms with E-state index in [0.717, 1.165) is 0 Å². The molecule has 1 rings (SSSR count). The Balaban J connectivity index is 3.28. The molecule has 0 aliphatic heterocycles. The quantitative estimate of drug-likeness (QED) is 0.555. The molecule has 0 atom stereocenters. The van der Waals surface area contributed by atoms with Crippen LogP contribution < -0.4 is 4.74 Å². The summed E-state index contributed by atoms with van der Waals surface area (Å²) in [5, 5.41) is 10.6. The Kier molecular flexibility index (Phi) is 3.01. The van der Waals surface area contributed by atoms with E-state index in [-0.39, 0.29) is 18.0 Å². The number of benzene rings is 1. The molecule has 0 radical (unpaired) electrons. The highest BCUT2D eigenvalue weighted by atomic mass is 19.1. The summed E-state index contributed by atoms with van der Waals surface area (Å²) in [4.78, 5) is 9.91. The van der Waals surface area contributed by atoms with Crippen molar-refractivity contribution in [2.75, 3.05) is 6.61 Å². The van der Waals surface area contributed by atoms with E-state index in [1.54, 1.807) is 13.8 Å². The molecule has 14 heavy (non-hydrogen) atoms. The Morgan fingerprint density at radius 2 is 2.21 bits per heavy atom. The molecule has 0 N–H and O–H groups in total. The van der Waals surface area contributed by atoms with E-state index in [1.807, 2.05) is 0 Å². The number of nitrogens with zero attached hydrogens (tertiary/aromatic N) is 1. The Labute approximate surface area is 80.5 Å². The molecule has 0 aliphatic carbocycles. The Morgan fingerprint density at radius 3 is 2.71 bits per heavy atom. The molecule has 5 heteroatoms. The molecule has 0 aromatic heterocycles. The fourth-order valence-electron chi connectivity index (χ4n) is 1.13. The third-order valence-electron chi connectivity index (χ3n) is 1.65. The number of aryl methyl sites for hydroxylation is 1. The van der Waals surface area contributed by atoms with Crippen LogP contribution in [0.5, 0.6) is 5.75 Å². The topological polar surface area (TPSA) is 52.4 Å². The lowest BCUT2D eigenvalue weighted by molar-refractivity contribution is -0.386. The maximum atomic E-state index is 13.2. The van der Waals surface area contributed by atoms with Crippen LogP contribution in [0.3, 0.4) is 0 Å². The first-order chi connectivity index (χ1) is 6.56. The molecule has 1 aromatic rings. The summed E-state index contributed by atoms with van der Waals surface area (Å²) in [5.74, 6) is -0.985. The van der Waals surface area contributed by atoms with Crippen LogP contribution in [0.2, 0.25) is 0 Å². The highest BCUT2D eigenvalue weighted by Gasteiger charge is 2.20. The van der Waals surface area contributed by atoms with Gasteiger partial charge in [0.25, 0.3) is 0 Å². The monoisotopic (exact) mass is 199 g/mol. The summed E-state index contributed by atoms with van der Waals surface area (Å²) in [6.45, 7) is 3.43. The van der Waals surface area contributed by atoms with Crippen molar-refractivity contribution in [2.24, 2.45) is 0 Å². The predicted octanol–water partition coefficient (Wildman–Crippen LogP) is 2.44. The zero-order valence-corrected chi connectivity index (χ0v) is 7.91. The molecule has 0 saturated carbocycles. The number of nitro benzene ring substituents is 1. The van der Waals surface area contributed by atoms with Gasteiger partial charge in [-0.25, -0.2) is 4.39 Å². The van der Waals surface area contributed by atoms with E-state index in [0.29, 0.717) is 5.56 Å². The molecule has 76 valence electrons. The van der Waals surface area contributed by atoms with Crippen LogP contribution in [-0.4, -0.2) is 11.5 Å². The minimum Gasteiger partial charge on any atom is -0.485 e. The summed E-state index contributed by atoms with van der Waals surface area (Å²) in [7, 11) is 0. The smallest absolute Gasteiger partial charge is 0.314 e. The van der Waals surface area contributed by atoms with Gasteiger partial charge in [0, 0.05) is 6.07 Å². The van der Waals surface area contributed by atoms with Gasteiger partial charge in [0.2, 0.25) is 5.75 Å². The normalized spacial score (nSPS) is 9.93. The summed E-state index contributed by atoms with van der Waals surface area (Å²) in [6, 6.07) is 2.49. The van der Waals surface area contributed by atoms with Crippen LogP contribution >= 0.6 is 0 Å². The molecule has 0 spiro atoms. The number of rotatable bonds is 3. The maximum Gasteiger partial charge on any atom is 0.314 e. The largest absolute Gasteiger partial charge is 0.485 e. The minimum absolute atomic E-state index is 0.195. The van der Waals surface area contributed by atoms with Crippen LogP contribution in [0.25, 0.3) is 0 Å². The van der Waals surface area contributed by atoms with Crippen molar-refractivity contribution in [3.63, 3.8) is 0 Å². The SMILES string of the molecule is CCOc1c(F)cc(C)cc1[N+](=O)[O-]. The summed E-state index contributed by atoms with van der Waals surface area (Å²) >= 11 is 0. The highest BCUT2D eigenvalue weighted by Crippen LogP contribution is 2.31. The van der Waals surface area contributed by atoms with Gasteiger partial charge >= 0.3 is 5.69 Å². The van der Waals surface area contributed by atoms with E-state index in [2.05, 4.69) is 0 Å². The molecule has 0 amide bonds. The fourth-order valence-corrected chi connectivity index (χ4v) is 1.13. The second-order valence-electron chi connectivity index (χ2n) is 2.79. The van der Waals surface area contributed by atoms with Crippen LogP contribution in [0.4, 0.5) is 10.1 Å². The van der Waals surface area contributed by atoms with E-state index >= 15 is 0 Å². The van der Waals surface area contributed by atoms with Crippen molar-refractivity contribution >= 4 is 5.69 Å². The second-order valence-corrected chi connectivity index (χ2v) is 2.79. The molecule has 4 nitrogen and oxygen atoms in total. The van der Waals surface area contributed by atoms with Crippen LogP contribution in [0, 0.1) is 22.9 Å². The summed E-state index contributed by atoms with van der Waals surface area (Å²) in [5.41, 5.74) is 0.169. The molecule has 0 fully saturated rings. The Bertz CT molecular complexity index is 365. The second kappa shape index (κ2) is 4.04. The third kappa shape index (κ3) is 1.99. The molecule has 0 aliphatic rings. The average molecular weight is 199 g/mol. The lowest BCUT2D eigenvalue weighted by Crippen LogP contribution is -2.00. The molecule has 0 saturated heterocycles. The summed E-state index contributed by atoms with van der Waals surface area (Å²) < 4.78 is 18.1. The van der Waals surface area contributed by atoms with Gasteiger partial charge < -0.3 is 4.74 Å². The predicted molar refractivity (Wildman–Crippen MR) is 49.0 cm³/mol. The van der Waals surface area contributed by atoms with Crippen LogP contribution in [0.15, 0.2) is 12.1 Å². The molecular formula is C9H10FNO3. The number of halogens is 1. The standard InChI is InChI=1S/C9H10FNO3/c1-3-14-9-7(10)4-6(2)5-8(9)11(12)13/h4-5H,3H2,1-2H3. The molecule has 0 bridgehead atoms. The van der Waals surface area contributed by atoms with Crippen molar-refractivity contribution < 1.29 is 14.1 Å². The number of ether oxygens (including phenoxy) is 1. The first kappa shape index (κ1) is 10.4. The van der Waals surface area contributed by atoms with Crippen molar-refractivity contribution in [3.05, 3.63) is 33.6 Å². The van der Waals surface area contributed by atoms with Gasteiger partial charge in [0.15, 0.2) is 5.82 Å². The van der Waals surface area contributed by atoms with Gasteiger partial charge in [-0.1, -0.05) is 0 Å². The van der Waals surface area contributed by atoms with Gasteiger partial charge in [-0.05, 0) is 25.5 Å². The Morgan fingerprint density at radius 1 is 1.57 bits per heavy atom. The first-order valence-corrected chi connectivity index (χ1v) is 4.13. The zero-order chi connectivity index (χ0) is 10.7. The third-order valence-corrected chi connectivity index (χ3v) is 1.65. The minimum atomic E-state index is -0.696. The molecular weight excluding hydrogens is 189 g/mol. The number of nitro groups is 1. The van der Waals surface area contributed by atoms with Crippen molar-refractivity contribution in [2.45, 2.75) is 13.8 Å². The van der Waals surface area contributed by atoms with Gasteiger partial charge in [-0.15, -0.1) is 0 Å². The number of hydrogen-bond donors (Lipinski definition) is 0. The van der Waals surface area contributed by atoms with E-state index in [4.69, 9.17) is 4.74 Å². The van der Waals surface area contributed by atoms with E-state index in [9.17, 15) is 14.5 Å². The fraction of sp³-hybridized carbons (Fsp3) is 0.333. The van der Waals surface area contributed by atoms with Gasteiger partial charge in [-0.3, -0.25) is 10.1 Å². The van der Waals surface area contributed by atoms with E-state index in [1.165, 1.54) is 12.1 Å². The molecule has 0 heterocycles. The van der Waals surface area contributed by atoms with Gasteiger partial charge in [-0.2, -0.15) is 0 Å². The van der Waals surface area contributed by atoms with Crippen LogP contribution in [-0.2, 0) is 0 Å². The van der Waals surface area contributed by atoms with Crippen molar-refractivity contribution in [3.8, 4) is 5.75 Å². The van der Waals surface area contributed by atoms with E-state index < -0.39 is 10.7 Å². The zero-order valence-electron chi connectivity index (χ0n) is 7.91. The summed E-state index contributed by atoms with van der Waals surface area (Å²) in [6.07, 6.45) is 0. The van der Waals surface area contributed by atoms with Gasteiger partial charge in [0.05, 0.1) is 11.5 Å². The lowest BCUT2D eigenvalue weighted by atomic mass is 10.2. The Hall–Kier alpha value is -1.65. The first-order valence-electron chi connectivity index (χ1n) is 4.13. The van der Waals surface area contributed by atoms with Crippen molar-refractivity contribution in [1.82, 2.24) is 0 Å². The number of hydrogen-bond acceptors (Lipinski definition) is 3. The molecule has 0 unspecified atom stereocenters. The van der Waals surface area contributed by atoms with Gasteiger partial charge in [0.1, 0.15) is 0 Å². The maximum absolute atomic E-state index is 13.2. The van der Waals surface area contributed by atoms with Crippen molar-refractivity contribution in [1.29, 1.82) is 0 Å². The lowest BCUT2D eigenvalue weighted by Gasteiger charge is -2.05. The van der Waals surface area contributed by atoms with Crippen LogP contribution in [0.1, 0.15) is 12.5 Å². The average Bonchev–Trinajstić information content (AvgIpc) is 2.09.